The first kappa shape index (κ1) is 21.5. The van der Waals surface area contributed by atoms with E-state index in [1.807, 2.05) is 45.0 Å². The summed E-state index contributed by atoms with van der Waals surface area (Å²) in [7, 11) is -3.14. The summed E-state index contributed by atoms with van der Waals surface area (Å²) in [6.45, 7) is 7.95. The van der Waals surface area contributed by atoms with Crippen molar-refractivity contribution >= 4 is 32.7 Å². The molecule has 0 amide bonds. The van der Waals surface area contributed by atoms with Gasteiger partial charge in [-0.1, -0.05) is 32.9 Å². The van der Waals surface area contributed by atoms with Crippen LogP contribution in [0.4, 0.5) is 5.69 Å². The SMILES string of the molecule is CC(C)(C)C(=O)c1c[nH]c2ncc(-c3ccc(N4CCN(S(C)(=O)=O)CC4)cc3)nc12. The number of hydrogen-bond acceptors (Lipinski definition) is 6. The minimum Gasteiger partial charge on any atom is -0.369 e. The second kappa shape index (κ2) is 7.72. The van der Waals surface area contributed by atoms with E-state index in [1.54, 1.807) is 12.4 Å². The summed E-state index contributed by atoms with van der Waals surface area (Å²) < 4.78 is 24.9. The predicted octanol–water partition coefficient (Wildman–Crippen LogP) is 2.94. The summed E-state index contributed by atoms with van der Waals surface area (Å²) in [6.07, 6.45) is 4.63. The van der Waals surface area contributed by atoms with Crippen LogP contribution in [0.1, 0.15) is 31.1 Å². The van der Waals surface area contributed by atoms with Crippen molar-refractivity contribution in [1.82, 2.24) is 19.3 Å². The van der Waals surface area contributed by atoms with E-state index in [-0.39, 0.29) is 5.78 Å². The highest BCUT2D eigenvalue weighted by Gasteiger charge is 2.27. The van der Waals surface area contributed by atoms with Gasteiger partial charge in [-0.2, -0.15) is 4.31 Å². The van der Waals surface area contributed by atoms with E-state index in [0.29, 0.717) is 48.6 Å². The Bertz CT molecular complexity index is 1220. The summed E-state index contributed by atoms with van der Waals surface area (Å²) in [5.41, 5.74) is 3.87. The fourth-order valence-electron chi connectivity index (χ4n) is 3.73. The molecule has 1 N–H and O–H groups in total. The molecule has 1 fully saturated rings. The summed E-state index contributed by atoms with van der Waals surface area (Å²) in [4.78, 5) is 27.1. The molecular weight excluding hydrogens is 414 g/mol. The summed E-state index contributed by atoms with van der Waals surface area (Å²) in [5.74, 6) is 0.0220. The first-order chi connectivity index (χ1) is 14.5. The van der Waals surface area contributed by atoms with E-state index in [9.17, 15) is 13.2 Å². The molecule has 2 aromatic heterocycles. The van der Waals surface area contributed by atoms with Gasteiger partial charge < -0.3 is 9.88 Å². The Morgan fingerprint density at radius 3 is 2.29 bits per heavy atom. The summed E-state index contributed by atoms with van der Waals surface area (Å²) in [6, 6.07) is 7.98. The lowest BCUT2D eigenvalue weighted by Gasteiger charge is -2.34. The zero-order valence-electron chi connectivity index (χ0n) is 18.2. The van der Waals surface area contributed by atoms with E-state index >= 15 is 0 Å². The van der Waals surface area contributed by atoms with Crippen molar-refractivity contribution in [2.75, 3.05) is 37.3 Å². The molecule has 3 aromatic rings. The molecular formula is C22H27N5O3S. The van der Waals surface area contributed by atoms with E-state index < -0.39 is 15.4 Å². The van der Waals surface area contributed by atoms with Crippen LogP contribution in [0.15, 0.2) is 36.7 Å². The number of carbonyl (C=O) groups excluding carboxylic acids is 1. The topological polar surface area (TPSA) is 99.3 Å². The lowest BCUT2D eigenvalue weighted by Crippen LogP contribution is -2.48. The monoisotopic (exact) mass is 441 g/mol. The summed E-state index contributed by atoms with van der Waals surface area (Å²) in [5, 5.41) is 0. The lowest BCUT2D eigenvalue weighted by atomic mass is 9.87. The number of aromatic nitrogens is 3. The molecule has 0 bridgehead atoms. The highest BCUT2D eigenvalue weighted by atomic mass is 32.2. The number of fused-ring (bicyclic) bond motifs is 1. The van der Waals surface area contributed by atoms with E-state index in [2.05, 4.69) is 14.9 Å². The van der Waals surface area contributed by atoms with Gasteiger partial charge in [-0.25, -0.2) is 18.4 Å². The second-order valence-corrected chi connectivity index (χ2v) is 10.9. The van der Waals surface area contributed by atoms with Gasteiger partial charge in [0.25, 0.3) is 0 Å². The normalized spacial score (nSPS) is 16.1. The van der Waals surface area contributed by atoms with Crippen molar-refractivity contribution in [3.63, 3.8) is 0 Å². The average molecular weight is 442 g/mol. The molecule has 3 heterocycles. The third kappa shape index (κ3) is 4.33. The number of anilines is 1. The Labute approximate surface area is 182 Å². The maximum Gasteiger partial charge on any atom is 0.211 e. The molecule has 0 atom stereocenters. The largest absolute Gasteiger partial charge is 0.369 e. The van der Waals surface area contributed by atoms with Crippen molar-refractivity contribution in [1.29, 1.82) is 0 Å². The molecule has 31 heavy (non-hydrogen) atoms. The Kier molecular flexibility index (Phi) is 5.35. The van der Waals surface area contributed by atoms with Crippen LogP contribution in [0.5, 0.6) is 0 Å². The first-order valence-electron chi connectivity index (χ1n) is 10.2. The number of benzene rings is 1. The summed E-state index contributed by atoms with van der Waals surface area (Å²) >= 11 is 0. The third-order valence-corrected chi connectivity index (χ3v) is 6.85. The number of nitrogens with one attached hydrogen (secondary N) is 1. The van der Waals surface area contributed by atoms with Crippen LogP contribution in [0.2, 0.25) is 0 Å². The number of piperazine rings is 1. The predicted molar refractivity (Wildman–Crippen MR) is 122 cm³/mol. The number of rotatable bonds is 4. The van der Waals surface area contributed by atoms with Gasteiger partial charge in [0.15, 0.2) is 11.4 Å². The minimum atomic E-state index is -3.14. The van der Waals surface area contributed by atoms with Crippen LogP contribution in [0.3, 0.4) is 0 Å². The van der Waals surface area contributed by atoms with Gasteiger partial charge in [-0.3, -0.25) is 4.79 Å². The van der Waals surface area contributed by atoms with Gasteiger partial charge in [0.2, 0.25) is 10.0 Å². The lowest BCUT2D eigenvalue weighted by molar-refractivity contribution is 0.0860. The van der Waals surface area contributed by atoms with Gasteiger partial charge in [-0.05, 0) is 12.1 Å². The Hall–Kier alpha value is -2.78. The standard InChI is InChI=1S/C22H27N5O3S/c1-22(2,3)20(28)17-13-23-21-19(17)25-18(14-24-21)15-5-7-16(8-6-15)26-9-11-27(12-10-26)31(4,29)30/h5-8,13-14H,9-12H2,1-4H3,(H,23,24). The van der Waals surface area contributed by atoms with Gasteiger partial charge in [-0.15, -0.1) is 0 Å². The van der Waals surface area contributed by atoms with E-state index in [4.69, 9.17) is 4.98 Å². The van der Waals surface area contributed by atoms with Crippen LogP contribution in [-0.2, 0) is 10.0 Å². The highest BCUT2D eigenvalue weighted by Crippen LogP contribution is 2.28. The van der Waals surface area contributed by atoms with E-state index in [1.165, 1.54) is 10.6 Å². The minimum absolute atomic E-state index is 0.0220. The molecule has 1 aliphatic heterocycles. The molecule has 8 nitrogen and oxygen atoms in total. The molecule has 1 aromatic carbocycles. The number of ketones is 1. The fourth-order valence-corrected chi connectivity index (χ4v) is 4.56. The third-order valence-electron chi connectivity index (χ3n) is 5.54. The number of hydrogen-bond donors (Lipinski definition) is 1. The van der Waals surface area contributed by atoms with Crippen LogP contribution in [0.25, 0.3) is 22.4 Å². The molecule has 164 valence electrons. The number of carbonyl (C=O) groups is 1. The highest BCUT2D eigenvalue weighted by molar-refractivity contribution is 7.88. The van der Waals surface area contributed by atoms with Gasteiger partial charge in [0, 0.05) is 49.0 Å². The van der Waals surface area contributed by atoms with Crippen molar-refractivity contribution in [2.24, 2.45) is 5.41 Å². The Balaban J connectivity index is 1.56. The molecule has 0 spiro atoms. The molecule has 1 saturated heterocycles. The number of nitrogens with zero attached hydrogens (tertiary/aromatic N) is 4. The average Bonchev–Trinajstić information content (AvgIpc) is 3.15. The van der Waals surface area contributed by atoms with Gasteiger partial charge in [0.05, 0.1) is 23.7 Å². The molecule has 0 aliphatic carbocycles. The van der Waals surface area contributed by atoms with Crippen LogP contribution in [0, 0.1) is 5.41 Å². The molecule has 9 heteroatoms. The number of sulfonamides is 1. The smallest absolute Gasteiger partial charge is 0.211 e. The molecule has 1 aliphatic rings. The van der Waals surface area contributed by atoms with Crippen LogP contribution < -0.4 is 4.90 Å². The molecule has 0 radical (unpaired) electrons. The van der Waals surface area contributed by atoms with Gasteiger partial charge >= 0.3 is 0 Å². The van der Waals surface area contributed by atoms with Crippen molar-refractivity contribution in [3.05, 3.63) is 42.2 Å². The van der Waals surface area contributed by atoms with Crippen molar-refractivity contribution in [2.45, 2.75) is 20.8 Å². The second-order valence-electron chi connectivity index (χ2n) is 8.93. The number of aromatic amines is 1. The van der Waals surface area contributed by atoms with E-state index in [0.717, 1.165) is 11.3 Å². The zero-order chi connectivity index (χ0) is 22.4. The maximum atomic E-state index is 12.8. The number of Topliss-reactive ketones (excluding diaryl/α,β-unsaturated/α-hetero) is 1. The van der Waals surface area contributed by atoms with Crippen molar-refractivity contribution in [3.8, 4) is 11.3 Å². The Morgan fingerprint density at radius 1 is 1.06 bits per heavy atom. The fraction of sp³-hybridized carbons (Fsp3) is 0.409. The quantitative estimate of drug-likeness (QED) is 0.625. The number of H-pyrrole nitrogens is 1. The van der Waals surface area contributed by atoms with Gasteiger partial charge in [0.1, 0.15) is 5.52 Å². The molecule has 0 unspecified atom stereocenters. The maximum absolute atomic E-state index is 12.8. The molecule has 4 rings (SSSR count). The Morgan fingerprint density at radius 2 is 1.71 bits per heavy atom. The van der Waals surface area contributed by atoms with Crippen LogP contribution >= 0.6 is 0 Å². The first-order valence-corrected chi connectivity index (χ1v) is 12.1. The zero-order valence-corrected chi connectivity index (χ0v) is 19.0. The molecule has 0 saturated carbocycles. The van der Waals surface area contributed by atoms with Crippen molar-refractivity contribution < 1.29 is 13.2 Å². The van der Waals surface area contributed by atoms with Crippen LogP contribution in [-0.4, -0.2) is 65.9 Å².